The minimum absolute atomic E-state index is 0.118. The number of imidazole rings is 1. The van der Waals surface area contributed by atoms with Gasteiger partial charge in [-0.1, -0.05) is 63.3 Å². The summed E-state index contributed by atoms with van der Waals surface area (Å²) < 4.78 is 18.3. The Morgan fingerprint density at radius 1 is 1.02 bits per heavy atom. The van der Waals surface area contributed by atoms with Crippen molar-refractivity contribution in [1.29, 1.82) is 0 Å². The maximum atomic E-state index is 12.6. The average Bonchev–Trinajstić information content (AvgIpc) is 3.49. The molecule has 0 aliphatic carbocycles. The van der Waals surface area contributed by atoms with Crippen molar-refractivity contribution in [2.45, 2.75) is 115 Å². The van der Waals surface area contributed by atoms with E-state index in [0.29, 0.717) is 6.42 Å². The van der Waals surface area contributed by atoms with Crippen LogP contribution in [0.15, 0.2) is 30.6 Å². The molecule has 0 radical (unpaired) electrons. The van der Waals surface area contributed by atoms with Crippen LogP contribution < -0.4 is 5.32 Å². The van der Waals surface area contributed by atoms with Gasteiger partial charge in [-0.15, -0.1) is 0 Å². The van der Waals surface area contributed by atoms with E-state index in [-0.39, 0.29) is 34.6 Å². The van der Waals surface area contributed by atoms with E-state index in [0.717, 1.165) is 44.9 Å². The summed E-state index contributed by atoms with van der Waals surface area (Å²) in [6, 6.07) is 0. The summed E-state index contributed by atoms with van der Waals surface area (Å²) >= 11 is 6.12. The molecule has 2 aromatic heterocycles. The second-order valence-electron chi connectivity index (χ2n) is 10.9. The third-order valence-electron chi connectivity index (χ3n) is 7.32. The Labute approximate surface area is 257 Å². The fourth-order valence-electron chi connectivity index (χ4n) is 4.95. The summed E-state index contributed by atoms with van der Waals surface area (Å²) in [6.07, 6.45) is 17.0. The van der Waals surface area contributed by atoms with E-state index in [1.54, 1.807) is 0 Å². The summed E-state index contributed by atoms with van der Waals surface area (Å²) in [5, 5.41) is 23.5. The van der Waals surface area contributed by atoms with Crippen LogP contribution in [-0.4, -0.2) is 69.9 Å². The van der Waals surface area contributed by atoms with Crippen LogP contribution in [0, 0.1) is 0 Å². The van der Waals surface area contributed by atoms with Crippen LogP contribution in [0.3, 0.4) is 0 Å². The fourth-order valence-corrected chi connectivity index (χ4v) is 5.70. The van der Waals surface area contributed by atoms with Crippen molar-refractivity contribution in [1.82, 2.24) is 19.5 Å². The lowest BCUT2D eigenvalue weighted by molar-refractivity contribution is -0.116. The topological polar surface area (TPSA) is 180 Å². The lowest BCUT2D eigenvalue weighted by Crippen LogP contribution is -2.31. The van der Waals surface area contributed by atoms with Crippen LogP contribution in [0.5, 0.6) is 0 Å². The van der Waals surface area contributed by atoms with E-state index in [1.165, 1.54) is 36.6 Å². The fraction of sp³-hybridized carbons (Fsp3) is 0.655. The number of unbranched alkanes of at least 4 members (excludes halogenated alkanes) is 8. The Bertz CT molecular complexity index is 1270. The van der Waals surface area contributed by atoms with E-state index in [2.05, 4.69) is 51.5 Å². The molecule has 0 spiro atoms. The largest absolute Gasteiger partial charge is 0.388 e. The molecule has 0 saturated carbocycles. The second-order valence-corrected chi connectivity index (χ2v) is 13.0. The number of hydrogen-bond acceptors (Lipinski definition) is 8. The lowest BCUT2D eigenvalue weighted by Gasteiger charge is -2.16. The first-order chi connectivity index (χ1) is 20.6. The maximum Gasteiger partial charge on any atom is 0.325 e. The van der Waals surface area contributed by atoms with Gasteiger partial charge in [-0.05, 0) is 56.5 Å². The molecule has 1 aliphatic heterocycles. The predicted octanol–water partition coefficient (Wildman–Crippen LogP) is 5.42. The highest BCUT2D eigenvalue weighted by Crippen LogP contribution is 2.39. The summed E-state index contributed by atoms with van der Waals surface area (Å²) in [4.78, 5) is 43.4. The molecule has 2 aromatic rings. The Hall–Kier alpha value is -2.18. The first kappa shape index (κ1) is 35.3. The van der Waals surface area contributed by atoms with Gasteiger partial charge < -0.3 is 30.1 Å². The van der Waals surface area contributed by atoms with Gasteiger partial charge in [0.05, 0.1) is 18.6 Å². The molecule has 1 unspecified atom stereocenters. The highest BCUT2D eigenvalue weighted by Gasteiger charge is 2.44. The van der Waals surface area contributed by atoms with Crippen LogP contribution in [-0.2, 0) is 14.1 Å². The quantitative estimate of drug-likeness (QED) is 0.0575. The first-order valence-electron chi connectivity index (χ1n) is 15.2. The maximum absolute atomic E-state index is 12.6. The van der Waals surface area contributed by atoms with Crippen molar-refractivity contribution >= 4 is 42.1 Å². The molecule has 1 aliphatic rings. The molecule has 14 heteroatoms. The van der Waals surface area contributed by atoms with Crippen LogP contribution in [0.4, 0.5) is 5.82 Å². The monoisotopic (exact) mass is 641 g/mol. The van der Waals surface area contributed by atoms with Crippen molar-refractivity contribution in [2.24, 2.45) is 0 Å². The molecule has 3 heterocycles. The van der Waals surface area contributed by atoms with Crippen molar-refractivity contribution in [3.63, 3.8) is 0 Å². The van der Waals surface area contributed by atoms with Gasteiger partial charge in [0.25, 0.3) is 0 Å². The number of aliphatic hydroxyl groups excluding tert-OH is 2. The zero-order valence-corrected chi connectivity index (χ0v) is 26.4. The van der Waals surface area contributed by atoms with E-state index in [4.69, 9.17) is 26.1 Å². The van der Waals surface area contributed by atoms with E-state index >= 15 is 0 Å². The molecule has 3 rings (SSSR count). The smallest absolute Gasteiger partial charge is 0.325 e. The van der Waals surface area contributed by atoms with Gasteiger partial charge in [-0.25, -0.2) is 4.98 Å². The van der Waals surface area contributed by atoms with Crippen molar-refractivity contribution in [3.05, 3.63) is 35.9 Å². The van der Waals surface area contributed by atoms with Gasteiger partial charge in [0.1, 0.15) is 12.2 Å². The Kier molecular flexibility index (Phi) is 14.7. The highest BCUT2D eigenvalue weighted by atomic mass is 35.5. The standard InChI is InChI=1S/C29H45ClN5O7P/c1-2-3-4-5-6-7-8-9-10-11-12-13-14-15-16-17-22(36)32-26-23-27(34-29(30)33-26)35(20-31-23)28-25(38)24(37)21(42-28)18-19-43(39,40)41/h6-7,9-10,20-21,24-25,28,37-38H,2-5,8,11-19H2,1H3,(H2,39,40,41)(H,32,33,34,36)/b7-6-,10-9-/t21-,24?,25+,28-/m1/s1. The number of anilines is 1. The van der Waals surface area contributed by atoms with Crippen molar-refractivity contribution in [2.75, 3.05) is 11.5 Å². The normalized spacial score (nSPS) is 21.1. The average molecular weight is 642 g/mol. The number of carbonyl (C=O) groups is 1. The first-order valence-corrected chi connectivity index (χ1v) is 17.3. The number of carbonyl (C=O) groups excluding carboxylic acids is 1. The number of aromatic nitrogens is 4. The third-order valence-corrected chi connectivity index (χ3v) is 8.33. The second kappa shape index (κ2) is 17.9. The molecule has 1 amide bonds. The zero-order chi connectivity index (χ0) is 31.2. The summed E-state index contributed by atoms with van der Waals surface area (Å²) in [6.45, 7) is 2.22. The van der Waals surface area contributed by atoms with Gasteiger partial charge in [0, 0.05) is 6.42 Å². The molecule has 240 valence electrons. The number of amides is 1. The van der Waals surface area contributed by atoms with Gasteiger partial charge in [0.2, 0.25) is 11.2 Å². The molecule has 43 heavy (non-hydrogen) atoms. The van der Waals surface area contributed by atoms with Crippen LogP contribution in [0.2, 0.25) is 5.28 Å². The molecular formula is C29H45ClN5O7P. The Morgan fingerprint density at radius 2 is 1.70 bits per heavy atom. The van der Waals surface area contributed by atoms with Gasteiger partial charge >= 0.3 is 7.60 Å². The molecule has 12 nitrogen and oxygen atoms in total. The number of allylic oxidation sites excluding steroid dienone is 4. The number of nitrogens with one attached hydrogen (secondary N) is 1. The number of nitrogens with zero attached hydrogens (tertiary/aromatic N) is 4. The molecule has 0 aromatic carbocycles. The molecular weight excluding hydrogens is 597 g/mol. The summed E-state index contributed by atoms with van der Waals surface area (Å²) in [5.41, 5.74) is 0.390. The molecule has 1 saturated heterocycles. The van der Waals surface area contributed by atoms with Gasteiger partial charge in [0.15, 0.2) is 23.2 Å². The van der Waals surface area contributed by atoms with E-state index in [9.17, 15) is 19.6 Å². The molecule has 0 bridgehead atoms. The zero-order valence-electron chi connectivity index (χ0n) is 24.7. The third kappa shape index (κ3) is 11.7. The Balaban J connectivity index is 1.42. The SMILES string of the molecule is CCCCC/C=C\C/C=C\CCCCCCCC(=O)Nc1nc(Cl)nc2c1ncn2[C@@H]1O[C@H](CCP(=O)(O)O)C(O)[C@@H]1O. The van der Waals surface area contributed by atoms with Crippen molar-refractivity contribution < 1.29 is 34.1 Å². The number of halogens is 1. The number of fused-ring (bicyclic) bond motifs is 1. The number of ether oxygens (including phenoxy) is 1. The van der Waals surface area contributed by atoms with Gasteiger partial charge in [-0.3, -0.25) is 13.9 Å². The van der Waals surface area contributed by atoms with Crippen LogP contribution >= 0.6 is 19.2 Å². The van der Waals surface area contributed by atoms with Crippen molar-refractivity contribution in [3.8, 4) is 0 Å². The number of aliphatic hydroxyl groups is 2. The molecule has 1 fully saturated rings. The highest BCUT2D eigenvalue weighted by molar-refractivity contribution is 7.51. The number of rotatable bonds is 19. The summed E-state index contributed by atoms with van der Waals surface area (Å²) in [7, 11) is -4.31. The Morgan fingerprint density at radius 3 is 2.40 bits per heavy atom. The van der Waals surface area contributed by atoms with E-state index < -0.39 is 38.3 Å². The molecule has 5 N–H and O–H groups in total. The van der Waals surface area contributed by atoms with E-state index in [1.807, 2.05) is 0 Å². The van der Waals surface area contributed by atoms with Gasteiger partial charge in [-0.2, -0.15) is 9.97 Å². The minimum atomic E-state index is -4.31. The lowest BCUT2D eigenvalue weighted by atomic mass is 10.1. The van der Waals surface area contributed by atoms with Crippen LogP contribution in [0.1, 0.15) is 96.6 Å². The number of hydrogen-bond donors (Lipinski definition) is 5. The minimum Gasteiger partial charge on any atom is -0.388 e. The predicted molar refractivity (Wildman–Crippen MR) is 166 cm³/mol. The molecule has 4 atom stereocenters. The summed E-state index contributed by atoms with van der Waals surface area (Å²) in [5.74, 6) is -0.117. The van der Waals surface area contributed by atoms with Crippen LogP contribution in [0.25, 0.3) is 11.2 Å².